The van der Waals surface area contributed by atoms with Gasteiger partial charge in [-0.05, 0) is 25.1 Å². The van der Waals surface area contributed by atoms with Gasteiger partial charge < -0.3 is 30.7 Å². The lowest BCUT2D eigenvalue weighted by Gasteiger charge is -2.30. The van der Waals surface area contributed by atoms with E-state index in [-0.39, 0.29) is 17.6 Å². The van der Waals surface area contributed by atoms with Crippen molar-refractivity contribution in [2.45, 2.75) is 13.0 Å². The lowest BCUT2D eigenvalue weighted by atomic mass is 10.1. The molecule has 1 unspecified atom stereocenters. The van der Waals surface area contributed by atoms with Crippen molar-refractivity contribution < 1.29 is 14.3 Å². The molecule has 1 aliphatic heterocycles. The van der Waals surface area contributed by atoms with Crippen LogP contribution in [-0.4, -0.2) is 67.8 Å². The summed E-state index contributed by atoms with van der Waals surface area (Å²) < 4.78 is 11.3. The molecule has 10 nitrogen and oxygen atoms in total. The summed E-state index contributed by atoms with van der Waals surface area (Å²) in [5.41, 5.74) is 8.70. The molecule has 1 aromatic carbocycles. The van der Waals surface area contributed by atoms with Crippen LogP contribution in [0.1, 0.15) is 17.4 Å². The number of ether oxygens (including phenoxy) is 2. The fraction of sp³-hybridized carbons (Fsp3) is 0.304. The van der Waals surface area contributed by atoms with Crippen LogP contribution in [0.5, 0.6) is 5.75 Å². The number of amides is 1. The Balaban J connectivity index is 1.56. The third kappa shape index (κ3) is 5.62. The number of aromatic nitrogens is 3. The first-order valence-electron chi connectivity index (χ1n) is 11.0. The number of rotatable bonds is 8. The van der Waals surface area contributed by atoms with E-state index in [9.17, 15) is 4.79 Å². The van der Waals surface area contributed by atoms with Crippen LogP contribution in [0.25, 0.3) is 11.3 Å². The standard InChI is InChI=1S/C23H26BN7O3/c1-15(12-28-24)34-17-4-2-3-16(11-17)18-14-27-22(25)21(29-18)23(32)30-19-13-26-6-5-20(19)31-7-9-33-10-8-31/h2-6,11,13-15,28H,7-10,12H2,1H3,(H2,25,27)(H,30,32). The first-order chi connectivity index (χ1) is 16.5. The molecule has 2 aromatic heterocycles. The van der Waals surface area contributed by atoms with Gasteiger partial charge >= 0.3 is 0 Å². The summed E-state index contributed by atoms with van der Waals surface area (Å²) in [6.45, 7) is 5.10. The molecular weight excluding hydrogens is 433 g/mol. The van der Waals surface area contributed by atoms with Gasteiger partial charge in [0.05, 0.1) is 42.7 Å². The number of hydrogen-bond donors (Lipinski definition) is 3. The molecule has 1 saturated heterocycles. The normalized spacial score (nSPS) is 14.4. The van der Waals surface area contributed by atoms with Crippen LogP contribution in [0.4, 0.5) is 17.2 Å². The van der Waals surface area contributed by atoms with Gasteiger partial charge in [-0.3, -0.25) is 9.78 Å². The van der Waals surface area contributed by atoms with E-state index in [2.05, 4.69) is 30.4 Å². The highest BCUT2D eigenvalue weighted by Gasteiger charge is 2.20. The maximum atomic E-state index is 13.1. The quantitative estimate of drug-likeness (QED) is 0.431. The zero-order valence-electron chi connectivity index (χ0n) is 18.9. The zero-order chi connectivity index (χ0) is 23.9. The SMILES string of the molecule is [B]NCC(C)Oc1cccc(-c2cnc(N)c(C(=O)Nc3cnccc3N3CCOCC3)n2)c1. The number of carbonyl (C=O) groups is 1. The average Bonchev–Trinajstić information content (AvgIpc) is 2.85. The van der Waals surface area contributed by atoms with Crippen LogP contribution in [0.15, 0.2) is 48.9 Å². The third-order valence-corrected chi connectivity index (χ3v) is 5.29. The maximum absolute atomic E-state index is 13.1. The molecule has 2 radical (unpaired) electrons. The molecule has 0 aliphatic carbocycles. The number of morpholine rings is 1. The fourth-order valence-electron chi connectivity index (χ4n) is 3.62. The molecule has 34 heavy (non-hydrogen) atoms. The van der Waals surface area contributed by atoms with E-state index in [4.69, 9.17) is 23.2 Å². The second-order valence-corrected chi connectivity index (χ2v) is 7.80. The van der Waals surface area contributed by atoms with E-state index >= 15 is 0 Å². The summed E-state index contributed by atoms with van der Waals surface area (Å²) in [5.74, 6) is 0.216. The van der Waals surface area contributed by atoms with Crippen molar-refractivity contribution in [2.24, 2.45) is 0 Å². The molecule has 0 spiro atoms. The van der Waals surface area contributed by atoms with Crippen molar-refractivity contribution in [3.05, 3.63) is 54.6 Å². The lowest BCUT2D eigenvalue weighted by Crippen LogP contribution is -2.36. The van der Waals surface area contributed by atoms with Gasteiger partial charge in [0.2, 0.25) is 0 Å². The van der Waals surface area contributed by atoms with Gasteiger partial charge in [-0.25, -0.2) is 9.97 Å². The molecular formula is C23H26BN7O3. The topological polar surface area (TPSA) is 128 Å². The summed E-state index contributed by atoms with van der Waals surface area (Å²) in [5, 5.41) is 5.47. The van der Waals surface area contributed by atoms with Crippen LogP contribution >= 0.6 is 0 Å². The van der Waals surface area contributed by atoms with E-state index in [0.717, 1.165) is 24.3 Å². The highest BCUT2D eigenvalue weighted by atomic mass is 16.5. The van der Waals surface area contributed by atoms with Crippen molar-refractivity contribution in [3.8, 4) is 17.0 Å². The lowest BCUT2D eigenvalue weighted by molar-refractivity contribution is 0.102. The number of anilines is 3. The van der Waals surface area contributed by atoms with E-state index in [1.165, 1.54) is 6.20 Å². The molecule has 1 atom stereocenters. The molecule has 1 aliphatic rings. The van der Waals surface area contributed by atoms with Crippen molar-refractivity contribution >= 4 is 31.1 Å². The molecule has 0 bridgehead atoms. The molecule has 0 saturated carbocycles. The largest absolute Gasteiger partial charge is 0.489 e. The van der Waals surface area contributed by atoms with Gasteiger partial charge in [-0.15, -0.1) is 0 Å². The molecule has 1 fully saturated rings. The van der Waals surface area contributed by atoms with Crippen LogP contribution in [-0.2, 0) is 4.74 Å². The molecule has 11 heteroatoms. The fourth-order valence-corrected chi connectivity index (χ4v) is 3.62. The van der Waals surface area contributed by atoms with Crippen LogP contribution in [0, 0.1) is 0 Å². The number of nitrogen functional groups attached to an aromatic ring is 1. The molecule has 3 aromatic rings. The number of nitrogens with one attached hydrogen (secondary N) is 2. The van der Waals surface area contributed by atoms with E-state index in [1.54, 1.807) is 12.4 Å². The van der Waals surface area contributed by atoms with Crippen molar-refractivity contribution in [3.63, 3.8) is 0 Å². The number of benzene rings is 1. The highest BCUT2D eigenvalue weighted by molar-refractivity contribution is 6.07. The monoisotopic (exact) mass is 459 g/mol. The highest BCUT2D eigenvalue weighted by Crippen LogP contribution is 2.27. The van der Waals surface area contributed by atoms with E-state index < -0.39 is 5.91 Å². The van der Waals surface area contributed by atoms with Gasteiger partial charge in [0.25, 0.3) is 5.91 Å². The maximum Gasteiger partial charge on any atom is 0.278 e. The summed E-state index contributed by atoms with van der Waals surface area (Å²) in [7, 11) is 5.36. The second kappa shape index (κ2) is 10.9. The number of hydrogen-bond acceptors (Lipinski definition) is 9. The molecule has 3 heterocycles. The van der Waals surface area contributed by atoms with Gasteiger partial charge in [-0.2, -0.15) is 0 Å². The summed E-state index contributed by atoms with van der Waals surface area (Å²) in [6, 6.07) is 9.23. The Hall–Kier alpha value is -3.70. The second-order valence-electron chi connectivity index (χ2n) is 7.80. The Morgan fingerprint density at radius 2 is 2.12 bits per heavy atom. The number of carbonyl (C=O) groups excluding carboxylic acids is 1. The van der Waals surface area contributed by atoms with Crippen LogP contribution in [0.3, 0.4) is 0 Å². The Morgan fingerprint density at radius 3 is 2.91 bits per heavy atom. The van der Waals surface area contributed by atoms with Crippen LogP contribution in [0.2, 0.25) is 0 Å². The average molecular weight is 459 g/mol. The zero-order valence-corrected chi connectivity index (χ0v) is 18.9. The Morgan fingerprint density at radius 1 is 1.29 bits per heavy atom. The molecule has 4 N–H and O–H groups in total. The third-order valence-electron chi connectivity index (χ3n) is 5.29. The predicted molar refractivity (Wildman–Crippen MR) is 131 cm³/mol. The number of pyridine rings is 1. The summed E-state index contributed by atoms with van der Waals surface area (Å²) >= 11 is 0. The first kappa shape index (κ1) is 23.5. The van der Waals surface area contributed by atoms with Gasteiger partial charge in [0.1, 0.15) is 11.9 Å². The first-order valence-corrected chi connectivity index (χ1v) is 11.0. The Kier molecular flexibility index (Phi) is 7.56. The smallest absolute Gasteiger partial charge is 0.278 e. The van der Waals surface area contributed by atoms with Crippen molar-refractivity contribution in [1.29, 1.82) is 0 Å². The summed E-state index contributed by atoms with van der Waals surface area (Å²) in [4.78, 5) is 28.1. The van der Waals surface area contributed by atoms with Crippen LogP contribution < -0.4 is 25.9 Å². The minimum Gasteiger partial charge on any atom is -0.489 e. The van der Waals surface area contributed by atoms with Gasteiger partial charge in [0, 0.05) is 31.4 Å². The summed E-state index contributed by atoms with van der Waals surface area (Å²) in [6.07, 6.45) is 4.70. The Bertz CT molecular complexity index is 1140. The molecule has 1 amide bonds. The Labute approximate surface area is 199 Å². The number of nitrogens with zero attached hydrogens (tertiary/aromatic N) is 4. The van der Waals surface area contributed by atoms with Gasteiger partial charge in [0.15, 0.2) is 19.5 Å². The van der Waals surface area contributed by atoms with E-state index in [1.807, 2.05) is 37.3 Å². The van der Waals surface area contributed by atoms with Gasteiger partial charge in [-0.1, -0.05) is 12.1 Å². The number of nitrogens with two attached hydrogens (primary N) is 1. The predicted octanol–water partition coefficient (Wildman–Crippen LogP) is 1.65. The van der Waals surface area contributed by atoms with Crippen molar-refractivity contribution in [1.82, 2.24) is 20.2 Å². The molecule has 174 valence electrons. The molecule has 4 rings (SSSR count). The van der Waals surface area contributed by atoms with E-state index in [0.29, 0.717) is 36.9 Å². The van der Waals surface area contributed by atoms with Crippen molar-refractivity contribution in [2.75, 3.05) is 48.8 Å². The minimum atomic E-state index is -0.468. The minimum absolute atomic E-state index is 0.0290.